The zero-order valence-electron chi connectivity index (χ0n) is 19.9. The summed E-state index contributed by atoms with van der Waals surface area (Å²) >= 11 is 0. The zero-order valence-corrected chi connectivity index (χ0v) is 19.9. The van der Waals surface area contributed by atoms with Crippen LogP contribution in [0.2, 0.25) is 0 Å². The first-order chi connectivity index (χ1) is 17.5. The summed E-state index contributed by atoms with van der Waals surface area (Å²) in [6.45, 7) is 1.80. The van der Waals surface area contributed by atoms with Crippen LogP contribution in [0.1, 0.15) is 34.1 Å². The molecule has 0 saturated heterocycles. The van der Waals surface area contributed by atoms with Crippen molar-refractivity contribution in [1.29, 1.82) is 0 Å². The average Bonchev–Trinajstić information content (AvgIpc) is 3.31. The molecule has 0 aliphatic carbocycles. The lowest BCUT2D eigenvalue weighted by molar-refractivity contribution is 0.0983. The van der Waals surface area contributed by atoms with Gasteiger partial charge in [-0.2, -0.15) is 0 Å². The van der Waals surface area contributed by atoms with Crippen molar-refractivity contribution in [2.24, 2.45) is 0 Å². The van der Waals surface area contributed by atoms with Crippen LogP contribution in [0.4, 0.5) is 10.1 Å². The maximum absolute atomic E-state index is 13.5. The smallest absolute Gasteiger partial charge is 0.258 e. The molecule has 0 spiro atoms. The van der Waals surface area contributed by atoms with E-state index in [0.29, 0.717) is 39.8 Å². The fourth-order valence-electron chi connectivity index (χ4n) is 4.25. The SMILES string of the molecule is CCC(=O)c1c(-c2ccc(F)cc2)oc2ccc(-c3cccc(C(=O)N(C)c4ccncc4)c3)cc12. The van der Waals surface area contributed by atoms with Crippen molar-refractivity contribution in [3.05, 3.63) is 108 Å². The van der Waals surface area contributed by atoms with Crippen LogP contribution < -0.4 is 4.90 Å². The first-order valence-electron chi connectivity index (χ1n) is 11.6. The summed E-state index contributed by atoms with van der Waals surface area (Å²) in [5.41, 5.74) is 4.65. The van der Waals surface area contributed by atoms with Crippen LogP contribution in [-0.4, -0.2) is 23.7 Å². The molecule has 0 atom stereocenters. The summed E-state index contributed by atoms with van der Waals surface area (Å²) < 4.78 is 19.6. The van der Waals surface area contributed by atoms with Crippen molar-refractivity contribution in [2.75, 3.05) is 11.9 Å². The molecule has 0 saturated carbocycles. The van der Waals surface area contributed by atoms with Crippen molar-refractivity contribution in [3.8, 4) is 22.5 Å². The van der Waals surface area contributed by atoms with Crippen LogP contribution in [0.25, 0.3) is 33.4 Å². The monoisotopic (exact) mass is 478 g/mol. The molecule has 5 nitrogen and oxygen atoms in total. The van der Waals surface area contributed by atoms with E-state index in [9.17, 15) is 14.0 Å². The Morgan fingerprint density at radius 2 is 1.58 bits per heavy atom. The van der Waals surface area contributed by atoms with E-state index in [2.05, 4.69) is 4.98 Å². The molecule has 5 rings (SSSR count). The molecule has 0 N–H and O–H groups in total. The Kier molecular flexibility index (Phi) is 6.17. The molecule has 178 valence electrons. The van der Waals surface area contributed by atoms with Crippen LogP contribution >= 0.6 is 0 Å². The Hall–Kier alpha value is -4.58. The third-order valence-electron chi connectivity index (χ3n) is 6.19. The van der Waals surface area contributed by atoms with Gasteiger partial charge in [-0.05, 0) is 71.8 Å². The van der Waals surface area contributed by atoms with E-state index in [-0.39, 0.29) is 17.5 Å². The summed E-state index contributed by atoms with van der Waals surface area (Å²) in [6, 6.07) is 22.5. The molecule has 0 radical (unpaired) electrons. The number of furan rings is 1. The minimum atomic E-state index is -0.357. The Morgan fingerprint density at radius 1 is 0.889 bits per heavy atom. The Labute approximate surface area is 207 Å². The molecule has 36 heavy (non-hydrogen) atoms. The van der Waals surface area contributed by atoms with Crippen molar-refractivity contribution < 1.29 is 18.4 Å². The van der Waals surface area contributed by atoms with Gasteiger partial charge in [0.15, 0.2) is 5.78 Å². The van der Waals surface area contributed by atoms with Gasteiger partial charge in [0.2, 0.25) is 0 Å². The van der Waals surface area contributed by atoms with E-state index in [1.165, 1.54) is 12.1 Å². The van der Waals surface area contributed by atoms with E-state index in [0.717, 1.165) is 16.8 Å². The molecule has 0 aliphatic rings. The second kappa shape index (κ2) is 9.58. The van der Waals surface area contributed by atoms with Gasteiger partial charge >= 0.3 is 0 Å². The predicted molar refractivity (Wildman–Crippen MR) is 139 cm³/mol. The minimum absolute atomic E-state index is 0.0619. The summed E-state index contributed by atoms with van der Waals surface area (Å²) in [4.78, 5) is 31.7. The van der Waals surface area contributed by atoms with Gasteiger partial charge < -0.3 is 9.32 Å². The number of Topliss-reactive ketones (excluding diaryl/α,β-unsaturated/α-hetero) is 1. The lowest BCUT2D eigenvalue weighted by Gasteiger charge is -2.17. The van der Waals surface area contributed by atoms with Crippen molar-refractivity contribution in [2.45, 2.75) is 13.3 Å². The highest BCUT2D eigenvalue weighted by Gasteiger charge is 2.22. The number of aromatic nitrogens is 1. The van der Waals surface area contributed by atoms with Gasteiger partial charge in [-0.1, -0.05) is 25.1 Å². The van der Waals surface area contributed by atoms with Crippen LogP contribution in [-0.2, 0) is 0 Å². The van der Waals surface area contributed by atoms with Gasteiger partial charge in [0.1, 0.15) is 17.2 Å². The highest BCUT2D eigenvalue weighted by Crippen LogP contribution is 2.37. The molecule has 0 fully saturated rings. The number of ketones is 1. The second-order valence-electron chi connectivity index (χ2n) is 8.45. The lowest BCUT2D eigenvalue weighted by Crippen LogP contribution is -2.26. The van der Waals surface area contributed by atoms with E-state index < -0.39 is 0 Å². The van der Waals surface area contributed by atoms with Crippen molar-refractivity contribution in [1.82, 2.24) is 4.98 Å². The molecule has 2 aromatic heterocycles. The molecule has 0 unspecified atom stereocenters. The van der Waals surface area contributed by atoms with E-state index in [4.69, 9.17) is 4.42 Å². The summed E-state index contributed by atoms with van der Waals surface area (Å²) in [6.07, 6.45) is 3.59. The largest absolute Gasteiger partial charge is 0.455 e. The van der Waals surface area contributed by atoms with E-state index >= 15 is 0 Å². The standard InChI is InChI=1S/C30H23FN2O3/c1-3-26(34)28-25-18-21(9-12-27(25)36-29(28)19-7-10-23(31)11-8-19)20-5-4-6-22(17-20)30(35)33(2)24-13-15-32-16-14-24/h4-18H,3H2,1-2H3. The molecule has 2 heterocycles. The molecular formula is C30H23FN2O3. The number of halogens is 1. The zero-order chi connectivity index (χ0) is 25.2. The number of carbonyl (C=O) groups is 2. The molecule has 0 aliphatic heterocycles. The molecule has 0 bridgehead atoms. The number of pyridine rings is 1. The first kappa shape index (κ1) is 23.2. The normalized spacial score (nSPS) is 11.0. The first-order valence-corrected chi connectivity index (χ1v) is 11.6. The number of nitrogens with zero attached hydrogens (tertiary/aromatic N) is 2. The van der Waals surface area contributed by atoms with Crippen LogP contribution in [0.3, 0.4) is 0 Å². The molecule has 6 heteroatoms. The quantitative estimate of drug-likeness (QED) is 0.243. The minimum Gasteiger partial charge on any atom is -0.455 e. The fraction of sp³-hybridized carbons (Fsp3) is 0.100. The van der Waals surface area contributed by atoms with E-state index in [1.54, 1.807) is 61.6 Å². The van der Waals surface area contributed by atoms with Crippen LogP contribution in [0.15, 0.2) is 95.7 Å². The number of carbonyl (C=O) groups excluding carboxylic acids is 2. The summed E-state index contributed by atoms with van der Waals surface area (Å²) in [5.74, 6) is -0.137. The fourth-order valence-corrected chi connectivity index (χ4v) is 4.25. The predicted octanol–water partition coefficient (Wildman–Crippen LogP) is 7.17. The maximum atomic E-state index is 13.5. The average molecular weight is 479 g/mol. The third-order valence-corrected chi connectivity index (χ3v) is 6.19. The van der Waals surface area contributed by atoms with Gasteiger partial charge in [-0.25, -0.2) is 4.39 Å². The Balaban J connectivity index is 1.57. The lowest BCUT2D eigenvalue weighted by atomic mass is 9.97. The van der Waals surface area contributed by atoms with E-state index in [1.807, 2.05) is 36.4 Å². The van der Waals surface area contributed by atoms with Crippen molar-refractivity contribution in [3.63, 3.8) is 0 Å². The highest BCUT2D eigenvalue weighted by molar-refractivity contribution is 6.13. The maximum Gasteiger partial charge on any atom is 0.258 e. The van der Waals surface area contributed by atoms with Gasteiger partial charge in [-0.3, -0.25) is 14.6 Å². The molecule has 5 aromatic rings. The molecule has 1 amide bonds. The van der Waals surface area contributed by atoms with Crippen LogP contribution in [0.5, 0.6) is 0 Å². The summed E-state index contributed by atoms with van der Waals surface area (Å²) in [5, 5.41) is 0.685. The number of anilines is 1. The highest BCUT2D eigenvalue weighted by atomic mass is 19.1. The molecule has 3 aromatic carbocycles. The van der Waals surface area contributed by atoms with Gasteiger partial charge in [0.05, 0.1) is 5.56 Å². The van der Waals surface area contributed by atoms with Crippen molar-refractivity contribution >= 4 is 28.3 Å². The topological polar surface area (TPSA) is 63.4 Å². The van der Waals surface area contributed by atoms with Gasteiger partial charge in [-0.15, -0.1) is 0 Å². The number of fused-ring (bicyclic) bond motifs is 1. The van der Waals surface area contributed by atoms with Gasteiger partial charge in [0.25, 0.3) is 5.91 Å². The summed E-state index contributed by atoms with van der Waals surface area (Å²) in [7, 11) is 1.72. The number of hydrogen-bond acceptors (Lipinski definition) is 4. The Morgan fingerprint density at radius 3 is 2.31 bits per heavy atom. The number of rotatable bonds is 6. The number of hydrogen-bond donors (Lipinski definition) is 0. The number of amides is 1. The molecular weight excluding hydrogens is 455 g/mol. The third kappa shape index (κ3) is 4.29. The Bertz CT molecular complexity index is 1570. The second-order valence-corrected chi connectivity index (χ2v) is 8.45. The number of benzene rings is 3. The van der Waals surface area contributed by atoms with Crippen LogP contribution in [0, 0.1) is 5.82 Å². The van der Waals surface area contributed by atoms with Gasteiger partial charge in [0, 0.05) is 48.1 Å².